The fourth-order valence-electron chi connectivity index (χ4n) is 2.13. The Balaban J connectivity index is 1.72. The van der Waals surface area contributed by atoms with Gasteiger partial charge in [-0.1, -0.05) is 41.4 Å². The number of amides is 1. The van der Waals surface area contributed by atoms with Gasteiger partial charge in [-0.3, -0.25) is 4.79 Å². The summed E-state index contributed by atoms with van der Waals surface area (Å²) in [5, 5.41) is 3.69. The first-order valence-electron chi connectivity index (χ1n) is 6.14. The highest BCUT2D eigenvalue weighted by Gasteiger charge is 2.29. The lowest BCUT2D eigenvalue weighted by Gasteiger charge is -2.12. The maximum atomic E-state index is 12.2. The lowest BCUT2D eigenvalue weighted by atomic mass is 10.1. The molecule has 2 aromatic carbocycles. The first-order valence-corrected chi connectivity index (χ1v) is 6.89. The highest BCUT2D eigenvalue weighted by atomic mass is 35.5. The number of ether oxygens (including phenoxy) is 1. The van der Waals surface area contributed by atoms with Crippen LogP contribution in [0.3, 0.4) is 0 Å². The van der Waals surface area contributed by atoms with Gasteiger partial charge in [0.25, 0.3) is 5.91 Å². The van der Waals surface area contributed by atoms with Crippen molar-refractivity contribution < 1.29 is 9.53 Å². The molecule has 0 spiro atoms. The maximum absolute atomic E-state index is 12.2. The number of benzene rings is 2. The summed E-state index contributed by atoms with van der Waals surface area (Å²) in [5.74, 6) is 0.542. The van der Waals surface area contributed by atoms with Gasteiger partial charge in [0.15, 0.2) is 6.10 Å². The van der Waals surface area contributed by atoms with Crippen molar-refractivity contribution in [1.82, 2.24) is 0 Å². The molecule has 3 rings (SSSR count). The smallest absolute Gasteiger partial charge is 0.265 e. The minimum atomic E-state index is -0.529. The molecular formula is C15H11Cl2NO2. The minimum Gasteiger partial charge on any atom is -0.480 e. The fourth-order valence-corrected chi connectivity index (χ4v) is 2.59. The van der Waals surface area contributed by atoms with Crippen molar-refractivity contribution in [3.05, 3.63) is 58.1 Å². The van der Waals surface area contributed by atoms with Crippen molar-refractivity contribution in [2.75, 3.05) is 5.32 Å². The highest BCUT2D eigenvalue weighted by molar-refractivity contribution is 6.36. The van der Waals surface area contributed by atoms with Crippen LogP contribution < -0.4 is 10.1 Å². The molecule has 5 heteroatoms. The maximum Gasteiger partial charge on any atom is 0.265 e. The molecule has 102 valence electrons. The van der Waals surface area contributed by atoms with Gasteiger partial charge in [0, 0.05) is 11.4 Å². The van der Waals surface area contributed by atoms with E-state index in [0.29, 0.717) is 22.2 Å². The SMILES string of the molecule is O=C(Nc1ccc(Cl)cc1Cl)C1Cc2ccccc2O1. The molecule has 0 aromatic heterocycles. The van der Waals surface area contributed by atoms with Gasteiger partial charge in [0.1, 0.15) is 5.75 Å². The standard InChI is InChI=1S/C15H11Cl2NO2/c16-10-5-6-12(11(17)8-10)18-15(19)14-7-9-3-1-2-4-13(9)20-14/h1-6,8,14H,7H2,(H,18,19). The number of anilines is 1. The van der Waals surface area contributed by atoms with Crippen molar-refractivity contribution in [3.8, 4) is 5.75 Å². The predicted molar refractivity (Wildman–Crippen MR) is 79.7 cm³/mol. The second-order valence-electron chi connectivity index (χ2n) is 4.53. The third-order valence-electron chi connectivity index (χ3n) is 3.13. The van der Waals surface area contributed by atoms with Gasteiger partial charge in [0.2, 0.25) is 0 Å². The van der Waals surface area contributed by atoms with Crippen LogP contribution in [0.4, 0.5) is 5.69 Å². The van der Waals surface area contributed by atoms with E-state index >= 15 is 0 Å². The van der Waals surface area contributed by atoms with Crippen molar-refractivity contribution in [3.63, 3.8) is 0 Å². The van der Waals surface area contributed by atoms with E-state index in [-0.39, 0.29) is 5.91 Å². The van der Waals surface area contributed by atoms with Crippen molar-refractivity contribution in [1.29, 1.82) is 0 Å². The molecular weight excluding hydrogens is 297 g/mol. The van der Waals surface area contributed by atoms with E-state index < -0.39 is 6.10 Å². The summed E-state index contributed by atoms with van der Waals surface area (Å²) in [6.45, 7) is 0. The zero-order valence-electron chi connectivity index (χ0n) is 10.4. The second-order valence-corrected chi connectivity index (χ2v) is 5.38. The van der Waals surface area contributed by atoms with Crippen LogP contribution in [-0.4, -0.2) is 12.0 Å². The molecule has 0 aliphatic carbocycles. The molecule has 1 amide bonds. The third kappa shape index (κ3) is 2.60. The molecule has 1 aliphatic heterocycles. The zero-order chi connectivity index (χ0) is 14.1. The van der Waals surface area contributed by atoms with Crippen LogP contribution in [0.1, 0.15) is 5.56 Å². The summed E-state index contributed by atoms with van der Waals surface area (Å²) in [5.41, 5.74) is 1.57. The number of hydrogen-bond acceptors (Lipinski definition) is 2. The number of fused-ring (bicyclic) bond motifs is 1. The number of halogens is 2. The number of nitrogens with one attached hydrogen (secondary N) is 1. The molecule has 0 fully saturated rings. The lowest BCUT2D eigenvalue weighted by Crippen LogP contribution is -2.31. The Morgan fingerprint density at radius 1 is 1.20 bits per heavy atom. The molecule has 1 heterocycles. The summed E-state index contributed by atoms with van der Waals surface area (Å²) in [6, 6.07) is 12.6. The largest absolute Gasteiger partial charge is 0.480 e. The zero-order valence-corrected chi connectivity index (χ0v) is 11.9. The molecule has 3 nitrogen and oxygen atoms in total. The molecule has 2 aromatic rings. The van der Waals surface area contributed by atoms with E-state index in [1.54, 1.807) is 18.2 Å². The van der Waals surface area contributed by atoms with Crippen LogP contribution >= 0.6 is 23.2 Å². The molecule has 0 saturated heterocycles. The third-order valence-corrected chi connectivity index (χ3v) is 3.68. The molecule has 1 atom stereocenters. The fraction of sp³-hybridized carbons (Fsp3) is 0.133. The summed E-state index contributed by atoms with van der Waals surface area (Å²) < 4.78 is 5.62. The Morgan fingerprint density at radius 2 is 2.00 bits per heavy atom. The van der Waals surface area contributed by atoms with Gasteiger partial charge in [0.05, 0.1) is 10.7 Å². The molecule has 0 saturated carbocycles. The molecule has 20 heavy (non-hydrogen) atoms. The normalized spacial score (nSPS) is 16.4. The number of para-hydroxylation sites is 1. The summed E-state index contributed by atoms with van der Waals surface area (Å²) in [7, 11) is 0. The average molecular weight is 308 g/mol. The van der Waals surface area contributed by atoms with E-state index in [1.807, 2.05) is 24.3 Å². The van der Waals surface area contributed by atoms with E-state index in [0.717, 1.165) is 11.3 Å². The van der Waals surface area contributed by atoms with E-state index in [4.69, 9.17) is 27.9 Å². The number of carbonyl (C=O) groups is 1. The minimum absolute atomic E-state index is 0.217. The van der Waals surface area contributed by atoms with Gasteiger partial charge in [-0.2, -0.15) is 0 Å². The van der Waals surface area contributed by atoms with Gasteiger partial charge in [-0.15, -0.1) is 0 Å². The van der Waals surface area contributed by atoms with Crippen molar-refractivity contribution >= 4 is 34.8 Å². The van der Waals surface area contributed by atoms with E-state index in [1.165, 1.54) is 0 Å². The van der Waals surface area contributed by atoms with E-state index in [2.05, 4.69) is 5.32 Å². The molecule has 1 unspecified atom stereocenters. The Bertz CT molecular complexity index is 648. The predicted octanol–water partition coefficient (Wildman–Crippen LogP) is 3.94. The van der Waals surface area contributed by atoms with Crippen LogP contribution in [0, 0.1) is 0 Å². The Hall–Kier alpha value is -1.71. The molecule has 0 radical (unpaired) electrons. The average Bonchev–Trinajstić information content (AvgIpc) is 2.86. The summed E-state index contributed by atoms with van der Waals surface area (Å²) >= 11 is 11.8. The highest BCUT2D eigenvalue weighted by Crippen LogP contribution is 2.30. The van der Waals surface area contributed by atoms with Gasteiger partial charge in [-0.25, -0.2) is 0 Å². The van der Waals surface area contributed by atoms with Gasteiger partial charge in [-0.05, 0) is 29.8 Å². The second kappa shape index (κ2) is 5.35. The van der Waals surface area contributed by atoms with Crippen molar-refractivity contribution in [2.45, 2.75) is 12.5 Å². The Morgan fingerprint density at radius 3 is 2.75 bits per heavy atom. The summed E-state index contributed by atoms with van der Waals surface area (Å²) in [4.78, 5) is 12.2. The Kier molecular flexibility index (Phi) is 3.55. The molecule has 1 aliphatic rings. The monoisotopic (exact) mass is 307 g/mol. The number of hydrogen-bond donors (Lipinski definition) is 1. The van der Waals surface area contributed by atoms with Gasteiger partial charge < -0.3 is 10.1 Å². The first-order chi connectivity index (χ1) is 9.63. The van der Waals surface area contributed by atoms with Gasteiger partial charge >= 0.3 is 0 Å². The first kappa shape index (κ1) is 13.3. The van der Waals surface area contributed by atoms with Crippen LogP contribution in [0.2, 0.25) is 10.0 Å². The summed E-state index contributed by atoms with van der Waals surface area (Å²) in [6.07, 6.45) is 0.0341. The van der Waals surface area contributed by atoms with E-state index in [9.17, 15) is 4.79 Å². The number of rotatable bonds is 2. The quantitative estimate of drug-likeness (QED) is 0.912. The Labute approximate surface area is 126 Å². The topological polar surface area (TPSA) is 38.3 Å². The number of carbonyl (C=O) groups excluding carboxylic acids is 1. The molecule has 1 N–H and O–H groups in total. The van der Waals surface area contributed by atoms with Crippen LogP contribution in [0.25, 0.3) is 0 Å². The lowest BCUT2D eigenvalue weighted by molar-refractivity contribution is -0.122. The van der Waals surface area contributed by atoms with Crippen molar-refractivity contribution in [2.24, 2.45) is 0 Å². The molecule has 0 bridgehead atoms. The van der Waals surface area contributed by atoms with Crippen LogP contribution in [0.15, 0.2) is 42.5 Å². The van der Waals surface area contributed by atoms with Crippen LogP contribution in [0.5, 0.6) is 5.75 Å². The van der Waals surface area contributed by atoms with Crippen LogP contribution in [-0.2, 0) is 11.2 Å².